The first-order chi connectivity index (χ1) is 12.8. The van der Waals surface area contributed by atoms with E-state index in [1.54, 1.807) is 0 Å². The van der Waals surface area contributed by atoms with Crippen LogP contribution in [0.2, 0.25) is 0 Å². The van der Waals surface area contributed by atoms with Crippen LogP contribution >= 0.6 is 0 Å². The normalized spacial score (nSPS) is 12.3. The quantitative estimate of drug-likeness (QED) is 0.215. The molecule has 0 bridgehead atoms. The molecule has 1 atom stereocenters. The van der Waals surface area contributed by atoms with Crippen LogP contribution in [-0.2, 0) is 14.4 Å². The van der Waals surface area contributed by atoms with Crippen LogP contribution in [0.1, 0.15) is 110 Å². The molecular formula is C22H40O5. The number of rotatable bonds is 19. The lowest BCUT2D eigenvalue weighted by Gasteiger charge is -2.08. The second-order valence-corrected chi connectivity index (χ2v) is 8.13. The largest absolute Gasteiger partial charge is 0.481 e. The molecule has 0 amide bonds. The Morgan fingerprint density at radius 3 is 1.44 bits per heavy atom. The Hall–Kier alpha value is -1.39. The lowest BCUT2D eigenvalue weighted by atomic mass is 9.95. The van der Waals surface area contributed by atoms with Gasteiger partial charge in [0, 0.05) is 6.42 Å². The topological polar surface area (TPSA) is 91.7 Å². The SMILES string of the molecule is CC(C)CCCCCCCCCCCCCCC(=O)C(CC(=O)O)C(=O)O. The lowest BCUT2D eigenvalue weighted by Crippen LogP contribution is -2.26. The molecule has 0 heterocycles. The summed E-state index contributed by atoms with van der Waals surface area (Å²) in [6, 6.07) is 0. The van der Waals surface area contributed by atoms with Crippen LogP contribution in [0.3, 0.4) is 0 Å². The van der Waals surface area contributed by atoms with Crippen molar-refractivity contribution in [3.8, 4) is 0 Å². The van der Waals surface area contributed by atoms with Crippen LogP contribution in [0.15, 0.2) is 0 Å². The van der Waals surface area contributed by atoms with Gasteiger partial charge in [0.25, 0.3) is 0 Å². The molecule has 0 aromatic carbocycles. The van der Waals surface area contributed by atoms with E-state index in [1.165, 1.54) is 57.8 Å². The Kier molecular flexibility index (Phi) is 15.9. The maximum absolute atomic E-state index is 11.8. The highest BCUT2D eigenvalue weighted by atomic mass is 16.4. The predicted molar refractivity (Wildman–Crippen MR) is 108 cm³/mol. The van der Waals surface area contributed by atoms with E-state index < -0.39 is 30.1 Å². The average Bonchev–Trinajstić information content (AvgIpc) is 2.59. The van der Waals surface area contributed by atoms with E-state index in [4.69, 9.17) is 10.2 Å². The van der Waals surface area contributed by atoms with Crippen molar-refractivity contribution in [2.45, 2.75) is 110 Å². The molecule has 27 heavy (non-hydrogen) atoms. The van der Waals surface area contributed by atoms with Gasteiger partial charge in [0.15, 0.2) is 0 Å². The number of carboxylic acids is 2. The molecule has 0 saturated carbocycles. The third-order valence-corrected chi connectivity index (χ3v) is 5.02. The van der Waals surface area contributed by atoms with Gasteiger partial charge in [-0.15, -0.1) is 0 Å². The Morgan fingerprint density at radius 1 is 0.667 bits per heavy atom. The fourth-order valence-corrected chi connectivity index (χ4v) is 3.31. The van der Waals surface area contributed by atoms with Gasteiger partial charge in [-0.1, -0.05) is 90.9 Å². The van der Waals surface area contributed by atoms with Gasteiger partial charge >= 0.3 is 11.9 Å². The summed E-state index contributed by atoms with van der Waals surface area (Å²) in [6.07, 6.45) is 15.2. The van der Waals surface area contributed by atoms with Crippen molar-refractivity contribution < 1.29 is 24.6 Å². The number of ketones is 1. The molecule has 2 N–H and O–H groups in total. The predicted octanol–water partition coefficient (Wildman–Crippen LogP) is 5.85. The van der Waals surface area contributed by atoms with Crippen LogP contribution in [0.25, 0.3) is 0 Å². The van der Waals surface area contributed by atoms with E-state index in [0.29, 0.717) is 6.42 Å². The zero-order chi connectivity index (χ0) is 20.5. The number of unbranched alkanes of at least 4 members (excludes halogenated alkanes) is 11. The monoisotopic (exact) mass is 384 g/mol. The highest BCUT2D eigenvalue weighted by Crippen LogP contribution is 2.15. The zero-order valence-corrected chi connectivity index (χ0v) is 17.4. The zero-order valence-electron chi connectivity index (χ0n) is 17.4. The van der Waals surface area contributed by atoms with Gasteiger partial charge in [-0.25, -0.2) is 0 Å². The fraction of sp³-hybridized carbons (Fsp3) is 0.864. The molecule has 0 aromatic rings. The number of carboxylic acid groups (broad SMARTS) is 2. The van der Waals surface area contributed by atoms with Crippen LogP contribution in [0.5, 0.6) is 0 Å². The Morgan fingerprint density at radius 2 is 1.07 bits per heavy atom. The van der Waals surface area contributed by atoms with E-state index in [0.717, 1.165) is 25.2 Å². The van der Waals surface area contributed by atoms with Gasteiger partial charge in [0.1, 0.15) is 11.7 Å². The summed E-state index contributed by atoms with van der Waals surface area (Å²) in [6.45, 7) is 4.56. The molecule has 0 fully saturated rings. The number of hydrogen-bond acceptors (Lipinski definition) is 3. The van der Waals surface area contributed by atoms with Gasteiger partial charge in [-0.3, -0.25) is 14.4 Å². The molecule has 0 radical (unpaired) electrons. The first kappa shape index (κ1) is 25.6. The Bertz CT molecular complexity index is 417. The first-order valence-electron chi connectivity index (χ1n) is 10.8. The lowest BCUT2D eigenvalue weighted by molar-refractivity contribution is -0.152. The van der Waals surface area contributed by atoms with Crippen molar-refractivity contribution in [1.29, 1.82) is 0 Å². The van der Waals surface area contributed by atoms with Gasteiger partial charge in [-0.05, 0) is 12.3 Å². The summed E-state index contributed by atoms with van der Waals surface area (Å²) in [7, 11) is 0. The summed E-state index contributed by atoms with van der Waals surface area (Å²) in [5, 5.41) is 17.6. The summed E-state index contributed by atoms with van der Waals surface area (Å²) < 4.78 is 0. The van der Waals surface area contributed by atoms with Gasteiger partial charge < -0.3 is 10.2 Å². The van der Waals surface area contributed by atoms with Crippen LogP contribution in [-0.4, -0.2) is 27.9 Å². The molecular weight excluding hydrogens is 344 g/mol. The Balaban J connectivity index is 3.45. The van der Waals surface area contributed by atoms with Crippen molar-refractivity contribution in [3.63, 3.8) is 0 Å². The molecule has 0 spiro atoms. The standard InChI is InChI=1S/C22H40O5/c1-18(2)15-13-11-9-7-5-3-4-6-8-10-12-14-16-20(23)19(22(26)27)17-21(24)25/h18-19H,3-17H2,1-2H3,(H,24,25)(H,26,27). The molecule has 0 aliphatic carbocycles. The minimum absolute atomic E-state index is 0.168. The summed E-state index contributed by atoms with van der Waals surface area (Å²) in [5.41, 5.74) is 0. The van der Waals surface area contributed by atoms with E-state index in [-0.39, 0.29) is 6.42 Å². The molecule has 0 aromatic heterocycles. The Labute approximate surface area is 164 Å². The van der Waals surface area contributed by atoms with Crippen LogP contribution < -0.4 is 0 Å². The number of hydrogen-bond donors (Lipinski definition) is 2. The number of carbonyl (C=O) groups excluding carboxylic acids is 1. The number of aliphatic carboxylic acids is 2. The van der Waals surface area contributed by atoms with E-state index >= 15 is 0 Å². The molecule has 5 nitrogen and oxygen atoms in total. The molecule has 158 valence electrons. The maximum atomic E-state index is 11.8. The van der Waals surface area contributed by atoms with E-state index in [1.807, 2.05) is 0 Å². The number of carbonyl (C=O) groups is 3. The van der Waals surface area contributed by atoms with Crippen molar-refractivity contribution >= 4 is 17.7 Å². The summed E-state index contributed by atoms with van der Waals surface area (Å²) in [4.78, 5) is 33.4. The van der Waals surface area contributed by atoms with Gasteiger partial charge in [0.2, 0.25) is 0 Å². The molecule has 5 heteroatoms. The molecule has 0 aliphatic heterocycles. The van der Waals surface area contributed by atoms with Crippen LogP contribution in [0, 0.1) is 11.8 Å². The summed E-state index contributed by atoms with van der Waals surface area (Å²) >= 11 is 0. The van der Waals surface area contributed by atoms with Crippen molar-refractivity contribution in [2.75, 3.05) is 0 Å². The second-order valence-electron chi connectivity index (χ2n) is 8.13. The smallest absolute Gasteiger partial charge is 0.314 e. The third kappa shape index (κ3) is 16.5. The van der Waals surface area contributed by atoms with Crippen molar-refractivity contribution in [3.05, 3.63) is 0 Å². The van der Waals surface area contributed by atoms with Gasteiger partial charge in [-0.2, -0.15) is 0 Å². The molecule has 1 unspecified atom stereocenters. The maximum Gasteiger partial charge on any atom is 0.314 e. The molecule has 0 saturated heterocycles. The van der Waals surface area contributed by atoms with E-state index in [9.17, 15) is 14.4 Å². The molecule has 0 aliphatic rings. The average molecular weight is 385 g/mol. The van der Waals surface area contributed by atoms with E-state index in [2.05, 4.69) is 13.8 Å². The fourth-order valence-electron chi connectivity index (χ4n) is 3.31. The summed E-state index contributed by atoms with van der Waals surface area (Å²) in [5.74, 6) is -3.61. The van der Waals surface area contributed by atoms with Crippen molar-refractivity contribution in [1.82, 2.24) is 0 Å². The first-order valence-corrected chi connectivity index (χ1v) is 10.8. The third-order valence-electron chi connectivity index (χ3n) is 5.02. The second kappa shape index (κ2) is 16.8. The highest BCUT2D eigenvalue weighted by molar-refractivity contribution is 6.00. The minimum Gasteiger partial charge on any atom is -0.481 e. The molecule has 0 rings (SSSR count). The van der Waals surface area contributed by atoms with Crippen LogP contribution in [0.4, 0.5) is 0 Å². The highest BCUT2D eigenvalue weighted by Gasteiger charge is 2.27. The number of Topliss-reactive ketones (excluding diaryl/α,β-unsaturated/α-hetero) is 1. The van der Waals surface area contributed by atoms with Gasteiger partial charge in [0.05, 0.1) is 6.42 Å². The van der Waals surface area contributed by atoms with Crippen molar-refractivity contribution in [2.24, 2.45) is 11.8 Å². The minimum atomic E-state index is -1.40.